The van der Waals surface area contributed by atoms with Crippen LogP contribution < -0.4 is 10.2 Å². The highest BCUT2D eigenvalue weighted by Crippen LogP contribution is 2.33. The number of oxazole rings is 1. The number of carbonyl (C=O) groups is 1. The summed E-state index contributed by atoms with van der Waals surface area (Å²) in [5.74, 6) is 0.643. The molecule has 7 nitrogen and oxygen atoms in total. The van der Waals surface area contributed by atoms with Gasteiger partial charge in [-0.3, -0.25) is 4.90 Å². The Morgan fingerprint density at radius 1 is 1.16 bits per heavy atom. The Balaban J connectivity index is 1.45. The van der Waals surface area contributed by atoms with Crippen molar-refractivity contribution in [3.05, 3.63) is 36.7 Å². The minimum atomic E-state index is -0.486. The average Bonchev–Trinajstić information content (AvgIpc) is 3.45. The lowest BCUT2D eigenvalue weighted by atomic mass is 9.89. The summed E-state index contributed by atoms with van der Waals surface area (Å²) in [6, 6.07) is 8.87. The first-order chi connectivity index (χ1) is 15.3. The predicted octanol–water partition coefficient (Wildman–Crippen LogP) is 5.04. The molecule has 2 aliphatic rings. The Kier molecular flexibility index (Phi) is 6.74. The van der Waals surface area contributed by atoms with Crippen molar-refractivity contribution in [3.63, 3.8) is 0 Å². The molecule has 1 aliphatic carbocycles. The van der Waals surface area contributed by atoms with Crippen molar-refractivity contribution in [3.8, 4) is 11.5 Å². The zero-order chi connectivity index (χ0) is 22.7. The van der Waals surface area contributed by atoms with Crippen molar-refractivity contribution >= 4 is 11.8 Å². The second-order valence-electron chi connectivity index (χ2n) is 9.97. The minimum absolute atomic E-state index is 0.110. The molecule has 1 amide bonds. The van der Waals surface area contributed by atoms with Crippen LogP contribution in [0.4, 0.5) is 10.5 Å². The van der Waals surface area contributed by atoms with E-state index in [2.05, 4.69) is 51.4 Å². The van der Waals surface area contributed by atoms with Crippen molar-refractivity contribution in [1.29, 1.82) is 0 Å². The van der Waals surface area contributed by atoms with Crippen LogP contribution in [0.15, 0.2) is 41.1 Å². The highest BCUT2D eigenvalue weighted by molar-refractivity contribution is 5.68. The number of amides is 1. The molecule has 1 saturated carbocycles. The molecule has 1 unspecified atom stereocenters. The van der Waals surface area contributed by atoms with E-state index in [1.54, 1.807) is 12.5 Å². The molecule has 0 radical (unpaired) electrons. The second-order valence-corrected chi connectivity index (χ2v) is 9.97. The van der Waals surface area contributed by atoms with Gasteiger partial charge in [0.2, 0.25) is 5.89 Å². The lowest BCUT2D eigenvalue weighted by Gasteiger charge is -2.44. The number of carbonyl (C=O) groups excluding carboxylic acids is 1. The zero-order valence-electron chi connectivity index (χ0n) is 19.7. The van der Waals surface area contributed by atoms with E-state index in [0.717, 1.165) is 44.2 Å². The van der Waals surface area contributed by atoms with E-state index in [0.29, 0.717) is 18.1 Å². The Morgan fingerprint density at radius 3 is 2.59 bits per heavy atom. The number of hydrogen-bond donors (Lipinski definition) is 1. The fraction of sp³-hybridized carbons (Fsp3) is 0.600. The average molecular weight is 441 g/mol. The molecule has 32 heavy (non-hydrogen) atoms. The molecule has 7 heteroatoms. The quantitative estimate of drug-likeness (QED) is 0.703. The third-order valence-electron chi connectivity index (χ3n) is 6.52. The van der Waals surface area contributed by atoms with Crippen molar-refractivity contribution < 1.29 is 13.9 Å². The lowest BCUT2D eigenvalue weighted by molar-refractivity contribution is 0.0413. The molecular weight excluding hydrogens is 404 g/mol. The van der Waals surface area contributed by atoms with Gasteiger partial charge >= 0.3 is 6.09 Å². The summed E-state index contributed by atoms with van der Waals surface area (Å²) in [6.07, 6.45) is 9.96. The molecule has 3 atom stereocenters. The van der Waals surface area contributed by atoms with Crippen molar-refractivity contribution in [2.45, 2.75) is 83.1 Å². The SMILES string of the molecule is CN(C1CCCN1c1ccc(-c2ncco2)cc1)[C@H]1CCCC[C@H]1NC(=O)OC(C)(C)C. The van der Waals surface area contributed by atoms with Crippen LogP contribution in [0.25, 0.3) is 11.5 Å². The van der Waals surface area contributed by atoms with Gasteiger partial charge in [-0.2, -0.15) is 0 Å². The van der Waals surface area contributed by atoms with Gasteiger partial charge in [-0.1, -0.05) is 12.8 Å². The van der Waals surface area contributed by atoms with Gasteiger partial charge in [0.15, 0.2) is 0 Å². The molecule has 1 aromatic heterocycles. The van der Waals surface area contributed by atoms with Crippen molar-refractivity contribution in [1.82, 2.24) is 15.2 Å². The van der Waals surface area contributed by atoms with Crippen molar-refractivity contribution in [2.75, 3.05) is 18.5 Å². The summed E-state index contributed by atoms with van der Waals surface area (Å²) in [4.78, 5) is 21.7. The number of hydrogen-bond acceptors (Lipinski definition) is 6. The smallest absolute Gasteiger partial charge is 0.407 e. The molecule has 1 N–H and O–H groups in total. The van der Waals surface area contributed by atoms with Crippen LogP contribution in [0.5, 0.6) is 0 Å². The largest absolute Gasteiger partial charge is 0.445 e. The maximum atomic E-state index is 12.5. The van der Waals surface area contributed by atoms with Gasteiger partial charge in [-0.05, 0) is 77.8 Å². The number of rotatable bonds is 5. The first-order valence-corrected chi connectivity index (χ1v) is 11.8. The Labute approximate surface area is 191 Å². The number of aromatic nitrogens is 1. The third-order valence-corrected chi connectivity index (χ3v) is 6.52. The van der Waals surface area contributed by atoms with Crippen LogP contribution in [0, 0.1) is 0 Å². The molecule has 2 fully saturated rings. The third kappa shape index (κ3) is 5.26. The van der Waals surface area contributed by atoms with Gasteiger partial charge in [-0.25, -0.2) is 9.78 Å². The number of nitrogens with zero attached hydrogens (tertiary/aromatic N) is 3. The Bertz CT molecular complexity index is 876. The first-order valence-electron chi connectivity index (χ1n) is 11.8. The van der Waals surface area contributed by atoms with E-state index < -0.39 is 5.60 Å². The standard InChI is InChI=1S/C25H36N4O3/c1-25(2,3)32-24(30)27-20-8-5-6-9-21(20)28(4)22-10-7-16-29(22)19-13-11-18(12-14-19)23-26-15-17-31-23/h11-15,17,20-22H,5-10,16H2,1-4H3,(H,27,30)/t20-,21+,22?/m1/s1. The van der Waals surface area contributed by atoms with Crippen LogP contribution in [0.1, 0.15) is 59.3 Å². The van der Waals surface area contributed by atoms with E-state index in [1.807, 2.05) is 20.8 Å². The molecule has 174 valence electrons. The monoisotopic (exact) mass is 440 g/mol. The lowest BCUT2D eigenvalue weighted by Crippen LogP contribution is -2.57. The zero-order valence-corrected chi connectivity index (χ0v) is 19.7. The Morgan fingerprint density at radius 2 is 1.91 bits per heavy atom. The van der Waals surface area contributed by atoms with Gasteiger partial charge in [0, 0.05) is 29.9 Å². The summed E-state index contributed by atoms with van der Waals surface area (Å²) >= 11 is 0. The van der Waals surface area contributed by atoms with Crippen LogP contribution >= 0.6 is 0 Å². The molecule has 2 heterocycles. The first kappa shape index (κ1) is 22.6. The van der Waals surface area contributed by atoms with E-state index in [9.17, 15) is 4.79 Å². The van der Waals surface area contributed by atoms with E-state index in [1.165, 1.54) is 12.1 Å². The highest BCUT2D eigenvalue weighted by Gasteiger charge is 2.37. The predicted molar refractivity (Wildman–Crippen MR) is 125 cm³/mol. The topological polar surface area (TPSA) is 70.8 Å². The number of anilines is 1. The van der Waals surface area contributed by atoms with Gasteiger partial charge in [-0.15, -0.1) is 0 Å². The molecular formula is C25H36N4O3. The van der Waals surface area contributed by atoms with Crippen LogP contribution in [-0.2, 0) is 4.74 Å². The van der Waals surface area contributed by atoms with Gasteiger partial charge in [0.25, 0.3) is 0 Å². The minimum Gasteiger partial charge on any atom is -0.445 e. The maximum absolute atomic E-state index is 12.5. The van der Waals surface area contributed by atoms with Crippen LogP contribution in [0.2, 0.25) is 0 Å². The second kappa shape index (κ2) is 9.53. The number of ether oxygens (including phenoxy) is 1. The number of likely N-dealkylation sites (N-methyl/N-ethyl adjacent to an activating group) is 1. The summed E-state index contributed by atoms with van der Waals surface area (Å²) in [5.41, 5.74) is 1.71. The molecule has 0 bridgehead atoms. The summed E-state index contributed by atoms with van der Waals surface area (Å²) in [5, 5.41) is 3.17. The van der Waals surface area contributed by atoms with Gasteiger partial charge in [0.05, 0.1) is 12.4 Å². The van der Waals surface area contributed by atoms with Crippen LogP contribution in [0.3, 0.4) is 0 Å². The summed E-state index contributed by atoms with van der Waals surface area (Å²) in [6.45, 7) is 6.74. The van der Waals surface area contributed by atoms with Gasteiger partial charge in [0.1, 0.15) is 11.9 Å². The normalized spacial score (nSPS) is 24.0. The summed E-state index contributed by atoms with van der Waals surface area (Å²) in [7, 11) is 2.21. The van der Waals surface area contributed by atoms with Gasteiger partial charge < -0.3 is 19.4 Å². The molecule has 1 aromatic carbocycles. The van der Waals surface area contributed by atoms with E-state index >= 15 is 0 Å². The molecule has 4 rings (SSSR count). The molecule has 2 aromatic rings. The Hall–Kier alpha value is -2.54. The summed E-state index contributed by atoms with van der Waals surface area (Å²) < 4.78 is 11.0. The molecule has 1 saturated heterocycles. The molecule has 0 spiro atoms. The maximum Gasteiger partial charge on any atom is 0.407 e. The number of nitrogens with one attached hydrogen (secondary N) is 1. The van der Waals surface area contributed by atoms with E-state index in [4.69, 9.17) is 9.15 Å². The fourth-order valence-electron chi connectivity index (χ4n) is 5.08. The number of benzene rings is 1. The highest BCUT2D eigenvalue weighted by atomic mass is 16.6. The van der Waals surface area contributed by atoms with Crippen LogP contribution in [-0.4, -0.2) is 53.4 Å². The molecule has 1 aliphatic heterocycles. The van der Waals surface area contributed by atoms with E-state index in [-0.39, 0.29) is 12.1 Å². The van der Waals surface area contributed by atoms with Crippen molar-refractivity contribution in [2.24, 2.45) is 0 Å². The fourth-order valence-corrected chi connectivity index (χ4v) is 5.08. The number of alkyl carbamates (subject to hydrolysis) is 1.